The summed E-state index contributed by atoms with van der Waals surface area (Å²) in [5, 5.41) is 13.3. The second-order valence-electron chi connectivity index (χ2n) is 5.36. The predicted molar refractivity (Wildman–Crippen MR) is 71.0 cm³/mol. The van der Waals surface area contributed by atoms with Crippen molar-refractivity contribution in [1.82, 2.24) is 5.32 Å². The highest BCUT2D eigenvalue weighted by atomic mass is 19.1. The fraction of sp³-hybridized carbons (Fsp3) is 0.600. The summed E-state index contributed by atoms with van der Waals surface area (Å²) in [6.45, 7) is 3.79. The van der Waals surface area contributed by atoms with Gasteiger partial charge < -0.3 is 10.4 Å². The molecule has 0 radical (unpaired) electrons. The van der Waals surface area contributed by atoms with E-state index in [-0.39, 0.29) is 24.0 Å². The van der Waals surface area contributed by atoms with E-state index in [4.69, 9.17) is 0 Å². The average molecular weight is 251 g/mol. The molecule has 1 fully saturated rings. The molecule has 1 aliphatic carbocycles. The van der Waals surface area contributed by atoms with E-state index in [0.717, 1.165) is 31.2 Å². The largest absolute Gasteiger partial charge is 0.392 e. The number of hydrogen-bond donors (Lipinski definition) is 2. The second kappa shape index (κ2) is 5.81. The molecule has 100 valence electrons. The molecule has 0 heterocycles. The van der Waals surface area contributed by atoms with Crippen LogP contribution >= 0.6 is 0 Å². The van der Waals surface area contributed by atoms with Crippen molar-refractivity contribution < 1.29 is 9.50 Å². The van der Waals surface area contributed by atoms with E-state index in [1.54, 1.807) is 19.1 Å². The topological polar surface area (TPSA) is 32.3 Å². The van der Waals surface area contributed by atoms with Crippen molar-refractivity contribution in [3.63, 3.8) is 0 Å². The van der Waals surface area contributed by atoms with Gasteiger partial charge in [0.15, 0.2) is 0 Å². The molecule has 0 bridgehead atoms. The van der Waals surface area contributed by atoms with Gasteiger partial charge >= 0.3 is 0 Å². The third-order valence-corrected chi connectivity index (χ3v) is 3.89. The fourth-order valence-corrected chi connectivity index (χ4v) is 2.60. The molecule has 2 nitrogen and oxygen atoms in total. The summed E-state index contributed by atoms with van der Waals surface area (Å²) in [6.07, 6.45) is 3.86. The van der Waals surface area contributed by atoms with E-state index >= 15 is 0 Å². The fourth-order valence-electron chi connectivity index (χ4n) is 2.60. The molecule has 3 heteroatoms. The highest BCUT2D eigenvalue weighted by Crippen LogP contribution is 2.23. The van der Waals surface area contributed by atoms with E-state index in [0.29, 0.717) is 5.56 Å². The van der Waals surface area contributed by atoms with E-state index in [9.17, 15) is 9.50 Å². The molecule has 1 aliphatic rings. The minimum atomic E-state index is -0.267. The number of aliphatic hydroxyl groups excluding tert-OH is 1. The maximum Gasteiger partial charge on any atom is 0.126 e. The van der Waals surface area contributed by atoms with Crippen LogP contribution in [0.3, 0.4) is 0 Å². The highest BCUT2D eigenvalue weighted by Gasteiger charge is 2.24. The van der Waals surface area contributed by atoms with Gasteiger partial charge in [-0.25, -0.2) is 4.39 Å². The zero-order chi connectivity index (χ0) is 13.1. The molecule has 18 heavy (non-hydrogen) atoms. The van der Waals surface area contributed by atoms with Crippen LogP contribution in [0.2, 0.25) is 0 Å². The number of aliphatic hydroxyl groups is 1. The smallest absolute Gasteiger partial charge is 0.126 e. The number of aryl methyl sites for hydroxylation is 1. The van der Waals surface area contributed by atoms with Crippen molar-refractivity contribution in [1.29, 1.82) is 0 Å². The molecule has 0 saturated heterocycles. The molecule has 2 N–H and O–H groups in total. The van der Waals surface area contributed by atoms with Crippen molar-refractivity contribution in [3.05, 3.63) is 35.1 Å². The van der Waals surface area contributed by atoms with Gasteiger partial charge in [-0.15, -0.1) is 0 Å². The Morgan fingerprint density at radius 2 is 2.06 bits per heavy atom. The van der Waals surface area contributed by atoms with Crippen molar-refractivity contribution in [2.24, 2.45) is 0 Å². The van der Waals surface area contributed by atoms with Gasteiger partial charge in [-0.05, 0) is 43.9 Å². The lowest BCUT2D eigenvalue weighted by Crippen LogP contribution is -2.43. The molecule has 3 atom stereocenters. The van der Waals surface area contributed by atoms with Gasteiger partial charge in [-0.3, -0.25) is 0 Å². The molecule has 3 unspecified atom stereocenters. The zero-order valence-electron chi connectivity index (χ0n) is 11.1. The van der Waals surface area contributed by atoms with Crippen LogP contribution < -0.4 is 5.32 Å². The summed E-state index contributed by atoms with van der Waals surface area (Å²) < 4.78 is 13.5. The molecule has 0 aliphatic heterocycles. The average Bonchev–Trinajstić information content (AvgIpc) is 2.35. The second-order valence-corrected chi connectivity index (χ2v) is 5.36. The molecule has 0 spiro atoms. The summed E-state index contributed by atoms with van der Waals surface area (Å²) in [5.74, 6) is -0.162. The molecule has 1 saturated carbocycles. The van der Waals surface area contributed by atoms with E-state index < -0.39 is 0 Å². The third kappa shape index (κ3) is 3.09. The minimum Gasteiger partial charge on any atom is -0.392 e. The Morgan fingerprint density at radius 3 is 2.72 bits per heavy atom. The SMILES string of the molecule is Cc1ccc(C(C)NC2CCCCC2O)cc1F. The molecule has 2 rings (SSSR count). The van der Waals surface area contributed by atoms with Gasteiger partial charge in [-0.1, -0.05) is 25.0 Å². The Morgan fingerprint density at radius 1 is 1.33 bits per heavy atom. The van der Waals surface area contributed by atoms with Gasteiger partial charge in [0.25, 0.3) is 0 Å². The first-order valence-corrected chi connectivity index (χ1v) is 6.78. The standard InChI is InChI=1S/C15H22FNO/c1-10-7-8-12(9-13(10)16)11(2)17-14-5-3-4-6-15(14)18/h7-9,11,14-15,17-18H,3-6H2,1-2H3. The van der Waals surface area contributed by atoms with Crippen molar-refractivity contribution in [3.8, 4) is 0 Å². The number of benzene rings is 1. The monoisotopic (exact) mass is 251 g/mol. The van der Waals surface area contributed by atoms with Crippen molar-refractivity contribution in [2.45, 2.75) is 57.7 Å². The first kappa shape index (κ1) is 13.5. The van der Waals surface area contributed by atoms with Gasteiger partial charge in [0, 0.05) is 12.1 Å². The van der Waals surface area contributed by atoms with Crippen LogP contribution in [-0.4, -0.2) is 17.3 Å². The lowest BCUT2D eigenvalue weighted by Gasteiger charge is -2.31. The Bertz CT molecular complexity index is 407. The molecule has 0 amide bonds. The van der Waals surface area contributed by atoms with Crippen LogP contribution in [0.5, 0.6) is 0 Å². The number of hydrogen-bond acceptors (Lipinski definition) is 2. The summed E-state index contributed by atoms with van der Waals surface area (Å²) in [6, 6.07) is 5.55. The van der Waals surface area contributed by atoms with Crippen LogP contribution in [0.25, 0.3) is 0 Å². The predicted octanol–water partition coefficient (Wildman–Crippen LogP) is 3.09. The molecule has 1 aromatic rings. The van der Waals surface area contributed by atoms with Gasteiger partial charge in [0.1, 0.15) is 5.82 Å². The first-order chi connectivity index (χ1) is 8.58. The Labute approximate surface area is 108 Å². The van der Waals surface area contributed by atoms with Crippen molar-refractivity contribution >= 4 is 0 Å². The Kier molecular flexibility index (Phi) is 4.36. The van der Waals surface area contributed by atoms with Gasteiger partial charge in [0.05, 0.1) is 6.10 Å². The van der Waals surface area contributed by atoms with Crippen LogP contribution in [0.1, 0.15) is 49.8 Å². The quantitative estimate of drug-likeness (QED) is 0.865. The summed E-state index contributed by atoms with van der Waals surface area (Å²) in [4.78, 5) is 0. The molecule has 1 aromatic carbocycles. The van der Waals surface area contributed by atoms with E-state index in [1.807, 2.05) is 13.0 Å². The summed E-state index contributed by atoms with van der Waals surface area (Å²) in [7, 11) is 0. The number of halogens is 1. The zero-order valence-corrected chi connectivity index (χ0v) is 11.1. The highest BCUT2D eigenvalue weighted by molar-refractivity contribution is 5.25. The Balaban J connectivity index is 2.02. The van der Waals surface area contributed by atoms with Crippen LogP contribution in [0, 0.1) is 12.7 Å². The van der Waals surface area contributed by atoms with Crippen LogP contribution in [0.4, 0.5) is 4.39 Å². The lowest BCUT2D eigenvalue weighted by molar-refractivity contribution is 0.0859. The number of nitrogens with one attached hydrogen (secondary N) is 1. The van der Waals surface area contributed by atoms with Gasteiger partial charge in [-0.2, -0.15) is 0 Å². The molecular weight excluding hydrogens is 229 g/mol. The van der Waals surface area contributed by atoms with E-state index in [1.165, 1.54) is 0 Å². The van der Waals surface area contributed by atoms with Crippen molar-refractivity contribution in [2.75, 3.05) is 0 Å². The van der Waals surface area contributed by atoms with E-state index in [2.05, 4.69) is 5.32 Å². The Hall–Kier alpha value is -0.930. The van der Waals surface area contributed by atoms with Crippen LogP contribution in [0.15, 0.2) is 18.2 Å². The maximum absolute atomic E-state index is 13.5. The third-order valence-electron chi connectivity index (χ3n) is 3.89. The normalized spacial score (nSPS) is 26.0. The molecule has 0 aromatic heterocycles. The lowest BCUT2D eigenvalue weighted by atomic mass is 9.91. The molecular formula is C15H22FNO. The van der Waals surface area contributed by atoms with Gasteiger partial charge in [0.2, 0.25) is 0 Å². The summed E-state index contributed by atoms with van der Waals surface area (Å²) in [5.41, 5.74) is 1.61. The maximum atomic E-state index is 13.5. The number of rotatable bonds is 3. The summed E-state index contributed by atoms with van der Waals surface area (Å²) >= 11 is 0. The minimum absolute atomic E-state index is 0.0675. The first-order valence-electron chi connectivity index (χ1n) is 6.78. The van der Waals surface area contributed by atoms with Crippen LogP contribution in [-0.2, 0) is 0 Å².